The van der Waals surface area contributed by atoms with Crippen molar-refractivity contribution < 1.29 is 9.66 Å². The minimum atomic E-state index is -0.402. The van der Waals surface area contributed by atoms with Crippen LogP contribution in [0.4, 0.5) is 5.69 Å². The van der Waals surface area contributed by atoms with E-state index < -0.39 is 4.92 Å². The number of nitrogens with two attached hydrogens (primary N) is 1. The second-order valence-corrected chi connectivity index (χ2v) is 6.17. The molecule has 1 aromatic rings. The maximum atomic E-state index is 11.1. The van der Waals surface area contributed by atoms with Gasteiger partial charge in [0, 0.05) is 11.6 Å². The van der Waals surface area contributed by atoms with Gasteiger partial charge in [-0.3, -0.25) is 10.1 Å². The standard InChI is InChI=1S/C16H24N2O3/c1-3-12-5-4-8-16(17,10-12)11-13-6-7-15(21-2)14(9-13)18(19)20/h6-7,9,12H,3-5,8,10-11,17H2,1-2H3. The Morgan fingerprint density at radius 1 is 1.52 bits per heavy atom. The van der Waals surface area contributed by atoms with Gasteiger partial charge < -0.3 is 10.5 Å². The van der Waals surface area contributed by atoms with Crippen LogP contribution in [0.2, 0.25) is 0 Å². The maximum Gasteiger partial charge on any atom is 0.311 e. The molecule has 0 radical (unpaired) electrons. The van der Waals surface area contributed by atoms with Crippen molar-refractivity contribution in [2.24, 2.45) is 11.7 Å². The average Bonchev–Trinajstić information content (AvgIpc) is 2.46. The third kappa shape index (κ3) is 3.73. The Bertz CT molecular complexity index is 518. The molecule has 0 heterocycles. The van der Waals surface area contributed by atoms with E-state index >= 15 is 0 Å². The van der Waals surface area contributed by atoms with Gasteiger partial charge in [-0.15, -0.1) is 0 Å². The van der Waals surface area contributed by atoms with Crippen molar-refractivity contribution in [3.63, 3.8) is 0 Å². The van der Waals surface area contributed by atoms with E-state index in [0.29, 0.717) is 18.1 Å². The van der Waals surface area contributed by atoms with E-state index in [1.54, 1.807) is 12.1 Å². The zero-order valence-corrected chi connectivity index (χ0v) is 12.8. The highest BCUT2D eigenvalue weighted by Gasteiger charge is 2.32. The molecule has 1 saturated carbocycles. The fourth-order valence-electron chi connectivity index (χ4n) is 3.43. The number of hydrogen-bond donors (Lipinski definition) is 1. The SMILES string of the molecule is CCC1CCCC(N)(Cc2ccc(OC)c([N+](=O)[O-])c2)C1. The monoisotopic (exact) mass is 292 g/mol. The quantitative estimate of drug-likeness (QED) is 0.666. The lowest BCUT2D eigenvalue weighted by Gasteiger charge is -2.38. The Morgan fingerprint density at radius 3 is 2.90 bits per heavy atom. The maximum absolute atomic E-state index is 11.1. The summed E-state index contributed by atoms with van der Waals surface area (Å²) in [5, 5.41) is 11.1. The summed E-state index contributed by atoms with van der Waals surface area (Å²) in [6.45, 7) is 2.20. The lowest BCUT2D eigenvalue weighted by Crippen LogP contribution is -2.46. The first-order chi connectivity index (χ1) is 9.97. The number of ether oxygens (including phenoxy) is 1. The van der Waals surface area contributed by atoms with Crippen LogP contribution >= 0.6 is 0 Å². The van der Waals surface area contributed by atoms with Crippen LogP contribution in [0, 0.1) is 16.0 Å². The number of nitro groups is 1. The van der Waals surface area contributed by atoms with Crippen LogP contribution in [0.3, 0.4) is 0 Å². The third-order valence-electron chi connectivity index (χ3n) is 4.56. The summed E-state index contributed by atoms with van der Waals surface area (Å²) in [6.07, 6.45) is 6.23. The second-order valence-electron chi connectivity index (χ2n) is 6.17. The van der Waals surface area contributed by atoms with E-state index in [1.165, 1.54) is 13.5 Å². The Labute approximate surface area is 125 Å². The van der Waals surface area contributed by atoms with E-state index in [0.717, 1.165) is 31.2 Å². The smallest absolute Gasteiger partial charge is 0.311 e. The number of nitro benzene ring substituents is 1. The number of methoxy groups -OCH3 is 1. The van der Waals surface area contributed by atoms with E-state index in [9.17, 15) is 10.1 Å². The molecule has 0 aliphatic heterocycles. The number of rotatable bonds is 5. The molecule has 5 nitrogen and oxygen atoms in total. The summed E-state index contributed by atoms with van der Waals surface area (Å²) in [6, 6.07) is 5.15. The van der Waals surface area contributed by atoms with E-state index in [-0.39, 0.29) is 11.2 Å². The molecule has 0 saturated heterocycles. The van der Waals surface area contributed by atoms with Gasteiger partial charge in [0.1, 0.15) is 0 Å². The number of benzene rings is 1. The van der Waals surface area contributed by atoms with Crippen molar-refractivity contribution in [1.82, 2.24) is 0 Å². The van der Waals surface area contributed by atoms with E-state index in [1.807, 2.05) is 6.07 Å². The summed E-state index contributed by atoms with van der Waals surface area (Å²) in [5.41, 5.74) is 7.25. The van der Waals surface area contributed by atoms with Gasteiger partial charge in [0.25, 0.3) is 0 Å². The molecule has 0 amide bonds. The van der Waals surface area contributed by atoms with Crippen LogP contribution in [0.1, 0.15) is 44.6 Å². The Morgan fingerprint density at radius 2 is 2.29 bits per heavy atom. The molecule has 2 unspecified atom stereocenters. The first kappa shape index (κ1) is 15.8. The normalized spacial score (nSPS) is 25.6. The van der Waals surface area contributed by atoms with Crippen molar-refractivity contribution in [3.8, 4) is 5.75 Å². The van der Waals surface area contributed by atoms with Gasteiger partial charge in [-0.05, 0) is 36.8 Å². The predicted molar refractivity (Wildman–Crippen MR) is 82.5 cm³/mol. The fraction of sp³-hybridized carbons (Fsp3) is 0.625. The summed E-state index contributed by atoms with van der Waals surface area (Å²) < 4.78 is 5.04. The summed E-state index contributed by atoms with van der Waals surface area (Å²) >= 11 is 0. The third-order valence-corrected chi connectivity index (χ3v) is 4.56. The van der Waals surface area contributed by atoms with Crippen LogP contribution in [-0.2, 0) is 6.42 Å². The Kier molecular flexibility index (Phi) is 4.83. The molecule has 116 valence electrons. The van der Waals surface area contributed by atoms with Gasteiger partial charge in [-0.25, -0.2) is 0 Å². The minimum absolute atomic E-state index is 0.0152. The average molecular weight is 292 g/mol. The molecular weight excluding hydrogens is 268 g/mol. The molecule has 21 heavy (non-hydrogen) atoms. The summed E-state index contributed by atoms with van der Waals surface area (Å²) in [7, 11) is 1.44. The first-order valence-electron chi connectivity index (χ1n) is 7.57. The molecule has 0 bridgehead atoms. The zero-order valence-electron chi connectivity index (χ0n) is 12.8. The van der Waals surface area contributed by atoms with E-state index in [2.05, 4.69) is 6.92 Å². The molecule has 5 heteroatoms. The van der Waals surface area contributed by atoms with Crippen LogP contribution in [0.15, 0.2) is 18.2 Å². The van der Waals surface area contributed by atoms with Crippen molar-refractivity contribution in [2.75, 3.05) is 7.11 Å². The van der Waals surface area contributed by atoms with Gasteiger partial charge in [0.05, 0.1) is 12.0 Å². The van der Waals surface area contributed by atoms with Gasteiger partial charge in [0.15, 0.2) is 5.75 Å². The van der Waals surface area contributed by atoms with Crippen molar-refractivity contribution in [3.05, 3.63) is 33.9 Å². The first-order valence-corrected chi connectivity index (χ1v) is 7.57. The Balaban J connectivity index is 2.19. The predicted octanol–water partition coefficient (Wildman–Crippen LogP) is 3.44. The largest absolute Gasteiger partial charge is 0.490 e. The molecule has 1 aromatic carbocycles. The molecule has 1 aliphatic carbocycles. The molecule has 0 spiro atoms. The summed E-state index contributed by atoms with van der Waals surface area (Å²) in [5.74, 6) is 0.974. The molecular formula is C16H24N2O3. The topological polar surface area (TPSA) is 78.4 Å². The lowest BCUT2D eigenvalue weighted by molar-refractivity contribution is -0.385. The van der Waals surface area contributed by atoms with Crippen LogP contribution < -0.4 is 10.5 Å². The lowest BCUT2D eigenvalue weighted by atomic mass is 9.72. The van der Waals surface area contributed by atoms with Crippen LogP contribution in [-0.4, -0.2) is 17.6 Å². The van der Waals surface area contributed by atoms with Crippen molar-refractivity contribution in [1.29, 1.82) is 0 Å². The molecule has 2 atom stereocenters. The molecule has 1 aliphatic rings. The highest BCUT2D eigenvalue weighted by atomic mass is 16.6. The highest BCUT2D eigenvalue weighted by molar-refractivity contribution is 5.49. The number of hydrogen-bond acceptors (Lipinski definition) is 4. The van der Waals surface area contributed by atoms with Crippen molar-refractivity contribution >= 4 is 5.69 Å². The number of nitrogens with zero attached hydrogens (tertiary/aromatic N) is 1. The van der Waals surface area contributed by atoms with Gasteiger partial charge in [0.2, 0.25) is 0 Å². The molecule has 2 rings (SSSR count). The van der Waals surface area contributed by atoms with Gasteiger partial charge in [-0.2, -0.15) is 0 Å². The van der Waals surface area contributed by atoms with Crippen LogP contribution in [0.25, 0.3) is 0 Å². The fourth-order valence-corrected chi connectivity index (χ4v) is 3.43. The zero-order chi connectivity index (χ0) is 15.5. The molecule has 1 fully saturated rings. The van der Waals surface area contributed by atoms with E-state index in [4.69, 9.17) is 10.5 Å². The molecule has 0 aromatic heterocycles. The second kappa shape index (κ2) is 6.43. The summed E-state index contributed by atoms with van der Waals surface area (Å²) in [4.78, 5) is 10.7. The Hall–Kier alpha value is -1.62. The minimum Gasteiger partial charge on any atom is -0.490 e. The van der Waals surface area contributed by atoms with Gasteiger partial charge in [-0.1, -0.05) is 32.3 Å². The van der Waals surface area contributed by atoms with Crippen molar-refractivity contribution in [2.45, 2.75) is 51.0 Å². The highest BCUT2D eigenvalue weighted by Crippen LogP contribution is 2.36. The van der Waals surface area contributed by atoms with Gasteiger partial charge >= 0.3 is 5.69 Å². The molecule has 2 N–H and O–H groups in total. The van der Waals surface area contributed by atoms with Crippen LogP contribution in [0.5, 0.6) is 5.75 Å².